The molecule has 10 heavy (non-hydrogen) atoms. The molecule has 0 fully saturated rings. The van der Waals surface area contributed by atoms with E-state index in [9.17, 15) is 4.79 Å². The summed E-state index contributed by atoms with van der Waals surface area (Å²) in [4.78, 5) is 10.0. The Morgan fingerprint density at radius 3 is 1.70 bits per heavy atom. The van der Waals surface area contributed by atoms with Gasteiger partial charge < -0.3 is 23.1 Å². The van der Waals surface area contributed by atoms with E-state index in [2.05, 4.69) is 0 Å². The standard InChI is InChI=1S/C5H11NO2.2H3N/c1-3(2)4(6)5(7)8;;/h3-4H,6H2,1-2H3,(H,7,8);2*1H3/t4-;;/m0../s1. The van der Waals surface area contributed by atoms with Gasteiger partial charge in [-0.3, -0.25) is 4.79 Å². The molecule has 0 spiro atoms. The molecular weight excluding hydrogens is 134 g/mol. The first-order chi connectivity index (χ1) is 3.55. The van der Waals surface area contributed by atoms with Crippen LogP contribution in [-0.2, 0) is 4.79 Å². The lowest BCUT2D eigenvalue weighted by Gasteiger charge is -2.07. The quantitative estimate of drug-likeness (QED) is 0.452. The van der Waals surface area contributed by atoms with Crippen LogP contribution in [0.3, 0.4) is 0 Å². The largest absolute Gasteiger partial charge is 0.480 e. The first-order valence-electron chi connectivity index (χ1n) is 2.54. The molecule has 64 valence electrons. The zero-order chi connectivity index (χ0) is 6.73. The first-order valence-corrected chi connectivity index (χ1v) is 2.54. The van der Waals surface area contributed by atoms with Gasteiger partial charge in [-0.1, -0.05) is 13.8 Å². The van der Waals surface area contributed by atoms with Crippen LogP contribution in [0.5, 0.6) is 0 Å². The predicted molar refractivity (Wildman–Crippen MR) is 40.5 cm³/mol. The van der Waals surface area contributed by atoms with Gasteiger partial charge in [0.2, 0.25) is 0 Å². The highest BCUT2D eigenvalue weighted by atomic mass is 16.4. The predicted octanol–water partition coefficient (Wildman–Crippen LogP) is 0.378. The zero-order valence-electron chi connectivity index (χ0n) is 6.50. The van der Waals surface area contributed by atoms with Gasteiger partial charge in [0.1, 0.15) is 6.04 Å². The average Bonchev–Trinajstić information content (AvgIpc) is 1.64. The molecule has 0 heterocycles. The number of nitrogens with two attached hydrogens (primary N) is 1. The summed E-state index contributed by atoms with van der Waals surface area (Å²) in [6.45, 7) is 3.55. The molecule has 0 radical (unpaired) electrons. The Labute approximate surface area is 60.8 Å². The fourth-order valence-electron chi connectivity index (χ4n) is 0.285. The van der Waals surface area contributed by atoms with Crippen molar-refractivity contribution in [1.29, 1.82) is 0 Å². The number of hydrogen-bond donors (Lipinski definition) is 4. The SMILES string of the molecule is CC(C)[C@H](N)C(=O)O.N.N. The number of aliphatic carboxylic acids is 1. The number of rotatable bonds is 2. The highest BCUT2D eigenvalue weighted by molar-refractivity contribution is 5.73. The van der Waals surface area contributed by atoms with Crippen molar-refractivity contribution in [3.63, 3.8) is 0 Å². The van der Waals surface area contributed by atoms with E-state index >= 15 is 0 Å². The second-order valence-electron chi connectivity index (χ2n) is 2.11. The van der Waals surface area contributed by atoms with Crippen LogP contribution < -0.4 is 18.0 Å². The minimum absolute atomic E-state index is 0. The summed E-state index contributed by atoms with van der Waals surface area (Å²) in [6, 6.07) is -0.713. The van der Waals surface area contributed by atoms with Gasteiger partial charge in [0, 0.05) is 0 Å². The van der Waals surface area contributed by atoms with Crippen LogP contribution in [-0.4, -0.2) is 17.1 Å². The zero-order valence-corrected chi connectivity index (χ0v) is 6.50. The van der Waals surface area contributed by atoms with Gasteiger partial charge in [0.15, 0.2) is 0 Å². The molecule has 5 nitrogen and oxygen atoms in total. The van der Waals surface area contributed by atoms with Crippen LogP contribution in [0.1, 0.15) is 13.8 Å². The Morgan fingerprint density at radius 2 is 1.70 bits per heavy atom. The third kappa shape index (κ3) is 5.49. The summed E-state index contributed by atoms with van der Waals surface area (Å²) in [5.41, 5.74) is 5.16. The molecule has 0 aromatic heterocycles. The Morgan fingerprint density at radius 1 is 1.40 bits per heavy atom. The van der Waals surface area contributed by atoms with Crippen LogP contribution in [0, 0.1) is 5.92 Å². The van der Waals surface area contributed by atoms with Crippen LogP contribution in [0.15, 0.2) is 0 Å². The number of carboxylic acids is 1. The summed E-state index contributed by atoms with van der Waals surface area (Å²) in [5, 5.41) is 8.23. The molecule has 0 amide bonds. The summed E-state index contributed by atoms with van der Waals surface area (Å²) in [7, 11) is 0. The number of carbonyl (C=O) groups is 1. The van der Waals surface area contributed by atoms with Crippen LogP contribution in [0.4, 0.5) is 0 Å². The lowest BCUT2D eigenvalue weighted by Crippen LogP contribution is -2.34. The molecule has 1 atom stereocenters. The summed E-state index contributed by atoms with van der Waals surface area (Å²) < 4.78 is 0. The van der Waals surface area contributed by atoms with E-state index in [1.807, 2.05) is 0 Å². The Hall–Kier alpha value is -0.650. The Kier molecular flexibility index (Phi) is 10.5. The maximum atomic E-state index is 10.0. The van der Waals surface area contributed by atoms with E-state index in [1.165, 1.54) is 0 Å². The topological polar surface area (TPSA) is 133 Å². The van der Waals surface area contributed by atoms with Crippen LogP contribution >= 0.6 is 0 Å². The van der Waals surface area contributed by atoms with Gasteiger partial charge in [-0.15, -0.1) is 0 Å². The summed E-state index contributed by atoms with van der Waals surface area (Å²) in [5.74, 6) is -0.910. The minimum atomic E-state index is -0.931. The molecule has 0 unspecified atom stereocenters. The second kappa shape index (κ2) is 6.47. The van der Waals surface area contributed by atoms with E-state index in [0.29, 0.717) is 0 Å². The lowest BCUT2D eigenvalue weighted by atomic mass is 10.1. The average molecular weight is 151 g/mol. The molecule has 0 bridgehead atoms. The van der Waals surface area contributed by atoms with Crippen LogP contribution in [0.25, 0.3) is 0 Å². The molecular formula is C5H17N3O2. The maximum absolute atomic E-state index is 10.0. The third-order valence-corrected chi connectivity index (χ3v) is 1.00. The fraction of sp³-hybridized carbons (Fsp3) is 0.800. The van der Waals surface area contributed by atoms with E-state index < -0.39 is 12.0 Å². The summed E-state index contributed by atoms with van der Waals surface area (Å²) >= 11 is 0. The highest BCUT2D eigenvalue weighted by Gasteiger charge is 2.14. The molecule has 0 aliphatic rings. The first kappa shape index (κ1) is 16.2. The van der Waals surface area contributed by atoms with Crippen molar-refractivity contribution in [2.45, 2.75) is 19.9 Å². The minimum Gasteiger partial charge on any atom is -0.480 e. The Balaban J connectivity index is -0.000000245. The molecule has 0 aromatic carbocycles. The molecule has 9 N–H and O–H groups in total. The molecule has 5 heteroatoms. The van der Waals surface area contributed by atoms with Crippen LogP contribution in [0.2, 0.25) is 0 Å². The van der Waals surface area contributed by atoms with E-state index in [4.69, 9.17) is 10.8 Å². The van der Waals surface area contributed by atoms with Gasteiger partial charge >= 0.3 is 5.97 Å². The van der Waals surface area contributed by atoms with E-state index in [0.717, 1.165) is 0 Å². The van der Waals surface area contributed by atoms with Gasteiger partial charge in [-0.25, -0.2) is 0 Å². The van der Waals surface area contributed by atoms with E-state index in [1.54, 1.807) is 13.8 Å². The highest BCUT2D eigenvalue weighted by Crippen LogP contribution is 1.96. The van der Waals surface area contributed by atoms with Crippen molar-refractivity contribution in [3.8, 4) is 0 Å². The van der Waals surface area contributed by atoms with Crippen molar-refractivity contribution >= 4 is 5.97 Å². The smallest absolute Gasteiger partial charge is 0.320 e. The second-order valence-corrected chi connectivity index (χ2v) is 2.11. The van der Waals surface area contributed by atoms with E-state index in [-0.39, 0.29) is 18.2 Å². The number of carboxylic acid groups (broad SMARTS) is 1. The van der Waals surface area contributed by atoms with Gasteiger partial charge in [-0.2, -0.15) is 0 Å². The Bertz CT molecular complexity index is 94.9. The molecule has 0 saturated heterocycles. The maximum Gasteiger partial charge on any atom is 0.320 e. The monoisotopic (exact) mass is 151 g/mol. The molecule has 0 aromatic rings. The molecule has 0 rings (SSSR count). The van der Waals surface area contributed by atoms with Gasteiger partial charge in [0.05, 0.1) is 0 Å². The van der Waals surface area contributed by atoms with Crippen molar-refractivity contribution in [2.75, 3.05) is 0 Å². The molecule has 0 aliphatic carbocycles. The van der Waals surface area contributed by atoms with Crippen molar-refractivity contribution in [2.24, 2.45) is 11.7 Å². The lowest BCUT2D eigenvalue weighted by molar-refractivity contribution is -0.139. The van der Waals surface area contributed by atoms with Crippen molar-refractivity contribution in [1.82, 2.24) is 12.3 Å². The summed E-state index contributed by atoms with van der Waals surface area (Å²) in [6.07, 6.45) is 0. The van der Waals surface area contributed by atoms with Crippen molar-refractivity contribution in [3.05, 3.63) is 0 Å². The fourth-order valence-corrected chi connectivity index (χ4v) is 0.285. The number of hydrogen-bond acceptors (Lipinski definition) is 4. The van der Waals surface area contributed by atoms with Crippen molar-refractivity contribution < 1.29 is 9.90 Å². The molecule has 0 saturated carbocycles. The third-order valence-electron chi connectivity index (χ3n) is 1.00. The molecule has 0 aliphatic heterocycles. The normalized spacial score (nSPS) is 11.2. The van der Waals surface area contributed by atoms with Gasteiger partial charge in [0.25, 0.3) is 0 Å². The van der Waals surface area contributed by atoms with Gasteiger partial charge in [-0.05, 0) is 5.92 Å².